The van der Waals surface area contributed by atoms with Crippen LogP contribution in [0.4, 0.5) is 0 Å². The van der Waals surface area contributed by atoms with Crippen molar-refractivity contribution >= 4 is 0 Å². The van der Waals surface area contributed by atoms with Gasteiger partial charge in [-0.15, -0.1) is 0 Å². The number of hydrogen-bond acceptors (Lipinski definition) is 2. The van der Waals surface area contributed by atoms with Crippen LogP contribution in [0.1, 0.15) is 19.3 Å². The zero-order valence-corrected chi connectivity index (χ0v) is 6.03. The van der Waals surface area contributed by atoms with Gasteiger partial charge in [-0.3, -0.25) is 0 Å². The third-order valence-electron chi connectivity index (χ3n) is 3.15. The molecule has 0 heterocycles. The van der Waals surface area contributed by atoms with Gasteiger partial charge in [-0.25, -0.2) is 0 Å². The van der Waals surface area contributed by atoms with E-state index in [4.69, 9.17) is 5.11 Å². The van der Waals surface area contributed by atoms with Gasteiger partial charge in [0, 0.05) is 6.61 Å². The molecule has 2 rings (SSSR count). The second kappa shape index (κ2) is 2.21. The molecule has 0 unspecified atom stereocenters. The molecule has 2 heteroatoms. The minimum Gasteiger partial charge on any atom is -0.396 e. The average Bonchev–Trinajstić information content (AvgIpc) is 2.44. The molecule has 0 radical (unpaired) electrons. The monoisotopic (exact) mass is 142 g/mol. The highest BCUT2D eigenvalue weighted by molar-refractivity contribution is 4.94. The Kier molecular flexibility index (Phi) is 1.46. The molecular formula is C8H14O2. The molecule has 2 bridgehead atoms. The minimum atomic E-state index is -0.101. The van der Waals surface area contributed by atoms with Gasteiger partial charge in [0.2, 0.25) is 0 Å². The summed E-state index contributed by atoms with van der Waals surface area (Å²) in [7, 11) is 0. The zero-order chi connectivity index (χ0) is 7.14. The lowest BCUT2D eigenvalue weighted by atomic mass is 9.87. The van der Waals surface area contributed by atoms with E-state index >= 15 is 0 Å². The molecule has 2 fully saturated rings. The van der Waals surface area contributed by atoms with Crippen LogP contribution in [0.25, 0.3) is 0 Å². The van der Waals surface area contributed by atoms with Crippen LogP contribution >= 0.6 is 0 Å². The van der Waals surface area contributed by atoms with Crippen LogP contribution in [0.15, 0.2) is 0 Å². The maximum absolute atomic E-state index is 9.41. The fourth-order valence-corrected chi connectivity index (χ4v) is 2.67. The molecule has 2 saturated carbocycles. The van der Waals surface area contributed by atoms with Gasteiger partial charge in [-0.1, -0.05) is 0 Å². The van der Waals surface area contributed by atoms with E-state index in [2.05, 4.69) is 0 Å². The van der Waals surface area contributed by atoms with Gasteiger partial charge in [-0.05, 0) is 37.0 Å². The summed E-state index contributed by atoms with van der Waals surface area (Å²) in [4.78, 5) is 0. The standard InChI is InChI=1S/C8H14O2/c9-4-6-1-5-2-7(6)8(10)3-5/h5-10H,1-4H2/t5-,6+,7-,8-/m1/s1. The molecule has 10 heavy (non-hydrogen) atoms. The molecule has 2 aliphatic rings. The lowest BCUT2D eigenvalue weighted by Crippen LogP contribution is -2.26. The Morgan fingerprint density at radius 3 is 2.40 bits per heavy atom. The molecule has 0 aromatic carbocycles. The molecule has 4 atom stereocenters. The van der Waals surface area contributed by atoms with Gasteiger partial charge >= 0.3 is 0 Å². The molecule has 2 nitrogen and oxygen atoms in total. The number of hydrogen-bond donors (Lipinski definition) is 2. The predicted octanol–water partition coefficient (Wildman–Crippen LogP) is 0.386. The molecule has 2 N–H and O–H groups in total. The van der Waals surface area contributed by atoms with Gasteiger partial charge < -0.3 is 10.2 Å². The summed E-state index contributed by atoms with van der Waals surface area (Å²) in [5.41, 5.74) is 0. The van der Waals surface area contributed by atoms with E-state index < -0.39 is 0 Å². The Morgan fingerprint density at radius 2 is 2.00 bits per heavy atom. The molecule has 0 saturated heterocycles. The molecular weight excluding hydrogens is 128 g/mol. The Bertz CT molecular complexity index is 133. The van der Waals surface area contributed by atoms with Crippen molar-refractivity contribution in [3.05, 3.63) is 0 Å². The molecule has 0 spiro atoms. The van der Waals surface area contributed by atoms with E-state index in [0.717, 1.165) is 25.2 Å². The third kappa shape index (κ3) is 0.789. The van der Waals surface area contributed by atoms with Crippen molar-refractivity contribution in [3.8, 4) is 0 Å². The zero-order valence-electron chi connectivity index (χ0n) is 6.03. The number of fused-ring (bicyclic) bond motifs is 2. The van der Waals surface area contributed by atoms with Crippen LogP contribution in [-0.4, -0.2) is 22.9 Å². The first-order valence-corrected chi connectivity index (χ1v) is 4.10. The second-order valence-corrected chi connectivity index (χ2v) is 3.75. The lowest BCUT2D eigenvalue weighted by molar-refractivity contribution is 0.0560. The van der Waals surface area contributed by atoms with Crippen molar-refractivity contribution < 1.29 is 10.2 Å². The largest absolute Gasteiger partial charge is 0.396 e. The molecule has 2 aliphatic carbocycles. The van der Waals surface area contributed by atoms with Crippen molar-refractivity contribution in [2.24, 2.45) is 17.8 Å². The quantitative estimate of drug-likeness (QED) is 0.556. The third-order valence-corrected chi connectivity index (χ3v) is 3.15. The first kappa shape index (κ1) is 6.62. The fourth-order valence-electron chi connectivity index (χ4n) is 2.67. The summed E-state index contributed by atoms with van der Waals surface area (Å²) in [6, 6.07) is 0. The van der Waals surface area contributed by atoms with Crippen molar-refractivity contribution in [3.63, 3.8) is 0 Å². The molecule has 0 aromatic heterocycles. The van der Waals surface area contributed by atoms with Crippen LogP contribution in [0.5, 0.6) is 0 Å². The van der Waals surface area contributed by atoms with Crippen LogP contribution in [0.2, 0.25) is 0 Å². The van der Waals surface area contributed by atoms with Crippen LogP contribution < -0.4 is 0 Å². The SMILES string of the molecule is OC[C@@H]1C[C@@H]2C[C@H]1[C@H](O)C2. The number of aliphatic hydroxyl groups excluding tert-OH is 2. The number of aliphatic hydroxyl groups is 2. The first-order chi connectivity index (χ1) is 4.81. The summed E-state index contributed by atoms with van der Waals surface area (Å²) in [6.07, 6.45) is 3.20. The van der Waals surface area contributed by atoms with E-state index in [1.165, 1.54) is 0 Å². The van der Waals surface area contributed by atoms with Crippen LogP contribution in [-0.2, 0) is 0 Å². The van der Waals surface area contributed by atoms with E-state index in [1.807, 2.05) is 0 Å². The Labute approximate surface area is 60.9 Å². The van der Waals surface area contributed by atoms with Gasteiger partial charge in [-0.2, -0.15) is 0 Å². The van der Waals surface area contributed by atoms with Gasteiger partial charge in [0.15, 0.2) is 0 Å². The fraction of sp³-hybridized carbons (Fsp3) is 1.00. The van der Waals surface area contributed by atoms with Crippen LogP contribution in [0, 0.1) is 17.8 Å². The smallest absolute Gasteiger partial charge is 0.0574 e. The highest BCUT2D eigenvalue weighted by Gasteiger charge is 2.44. The minimum absolute atomic E-state index is 0.101. The molecule has 0 aromatic rings. The van der Waals surface area contributed by atoms with E-state index in [9.17, 15) is 5.11 Å². The Balaban J connectivity index is 2.06. The van der Waals surface area contributed by atoms with Gasteiger partial charge in [0.05, 0.1) is 6.10 Å². The van der Waals surface area contributed by atoms with Crippen molar-refractivity contribution in [1.29, 1.82) is 0 Å². The maximum atomic E-state index is 9.41. The predicted molar refractivity (Wildman–Crippen MR) is 37.4 cm³/mol. The van der Waals surface area contributed by atoms with Crippen LogP contribution in [0.3, 0.4) is 0 Å². The topological polar surface area (TPSA) is 40.5 Å². The van der Waals surface area contributed by atoms with Crippen molar-refractivity contribution in [2.45, 2.75) is 25.4 Å². The van der Waals surface area contributed by atoms with Gasteiger partial charge in [0.1, 0.15) is 0 Å². The normalized spacial score (nSPS) is 52.2. The molecule has 0 aliphatic heterocycles. The molecule has 58 valence electrons. The van der Waals surface area contributed by atoms with Crippen molar-refractivity contribution in [1.82, 2.24) is 0 Å². The van der Waals surface area contributed by atoms with Crippen molar-refractivity contribution in [2.75, 3.05) is 6.61 Å². The summed E-state index contributed by atoms with van der Waals surface area (Å²) < 4.78 is 0. The van der Waals surface area contributed by atoms with Gasteiger partial charge in [0.25, 0.3) is 0 Å². The first-order valence-electron chi connectivity index (χ1n) is 4.10. The highest BCUT2D eigenvalue weighted by Crippen LogP contribution is 2.47. The Morgan fingerprint density at radius 1 is 1.20 bits per heavy atom. The van der Waals surface area contributed by atoms with E-state index in [0.29, 0.717) is 11.8 Å². The highest BCUT2D eigenvalue weighted by atomic mass is 16.3. The van der Waals surface area contributed by atoms with E-state index in [1.54, 1.807) is 0 Å². The lowest BCUT2D eigenvalue weighted by Gasteiger charge is -2.23. The Hall–Kier alpha value is -0.0800. The molecule has 0 amide bonds. The summed E-state index contributed by atoms with van der Waals surface area (Å²) in [5.74, 6) is 1.56. The summed E-state index contributed by atoms with van der Waals surface area (Å²) in [6.45, 7) is 0.276. The maximum Gasteiger partial charge on any atom is 0.0574 e. The van der Waals surface area contributed by atoms with E-state index in [-0.39, 0.29) is 12.7 Å². The second-order valence-electron chi connectivity index (χ2n) is 3.75. The number of rotatable bonds is 1. The average molecular weight is 142 g/mol. The summed E-state index contributed by atoms with van der Waals surface area (Å²) >= 11 is 0. The summed E-state index contributed by atoms with van der Waals surface area (Å²) in [5, 5.41) is 18.3.